The van der Waals surface area contributed by atoms with Gasteiger partial charge in [0.05, 0.1) is 10.7 Å². The predicted molar refractivity (Wildman–Crippen MR) is 69.3 cm³/mol. The minimum absolute atomic E-state index is 0.00815. The second kappa shape index (κ2) is 4.51. The first kappa shape index (κ1) is 13.3. The highest BCUT2D eigenvalue weighted by atomic mass is 35.5. The third kappa shape index (κ3) is 1.92. The van der Waals surface area contributed by atoms with Crippen LogP contribution in [0.1, 0.15) is 24.2 Å². The molecule has 2 amide bonds. The number of aromatic carboxylic acids is 1. The number of halogens is 1. The van der Waals surface area contributed by atoms with E-state index in [1.807, 2.05) is 0 Å². The number of imide groups is 1. The molecule has 1 aliphatic heterocycles. The summed E-state index contributed by atoms with van der Waals surface area (Å²) >= 11 is 5.83. The molecule has 0 atom stereocenters. The molecule has 1 aromatic carbocycles. The average Bonchev–Trinajstić information content (AvgIpc) is 2.53. The lowest BCUT2D eigenvalue weighted by Gasteiger charge is -2.17. The van der Waals surface area contributed by atoms with Crippen molar-refractivity contribution in [2.24, 2.45) is 0 Å². The number of nitrogens with zero attached hydrogens (tertiary/aromatic N) is 1. The second-order valence-corrected chi connectivity index (χ2v) is 4.54. The Morgan fingerprint density at radius 3 is 2.16 bits per heavy atom. The largest absolute Gasteiger partial charge is 0.478 e. The number of hydrogen-bond donors (Lipinski definition) is 1. The molecule has 0 radical (unpaired) electrons. The molecular formula is C13H10ClNO4. The van der Waals surface area contributed by atoms with Gasteiger partial charge in [0.15, 0.2) is 0 Å². The van der Waals surface area contributed by atoms with Gasteiger partial charge >= 0.3 is 5.97 Å². The fourth-order valence-electron chi connectivity index (χ4n) is 1.88. The van der Waals surface area contributed by atoms with E-state index >= 15 is 0 Å². The number of carboxylic acid groups (broad SMARTS) is 1. The van der Waals surface area contributed by atoms with Gasteiger partial charge in [0, 0.05) is 11.1 Å². The Morgan fingerprint density at radius 1 is 1.16 bits per heavy atom. The average molecular weight is 280 g/mol. The number of amides is 2. The van der Waals surface area contributed by atoms with E-state index in [-0.39, 0.29) is 16.3 Å². The summed E-state index contributed by atoms with van der Waals surface area (Å²) in [4.78, 5) is 36.1. The van der Waals surface area contributed by atoms with Crippen LogP contribution in [0, 0.1) is 0 Å². The molecule has 0 saturated heterocycles. The van der Waals surface area contributed by atoms with Crippen LogP contribution in [0.15, 0.2) is 29.3 Å². The van der Waals surface area contributed by atoms with Crippen LogP contribution < -0.4 is 4.90 Å². The van der Waals surface area contributed by atoms with Crippen molar-refractivity contribution in [1.82, 2.24) is 0 Å². The van der Waals surface area contributed by atoms with Gasteiger partial charge in [-0.05, 0) is 26.0 Å². The lowest BCUT2D eigenvalue weighted by Crippen LogP contribution is -2.32. The molecule has 0 saturated carbocycles. The summed E-state index contributed by atoms with van der Waals surface area (Å²) in [5.74, 6) is -2.33. The number of benzene rings is 1. The van der Waals surface area contributed by atoms with Crippen LogP contribution in [0.3, 0.4) is 0 Å². The van der Waals surface area contributed by atoms with E-state index in [1.54, 1.807) is 0 Å². The monoisotopic (exact) mass is 279 g/mol. The molecule has 0 unspecified atom stereocenters. The zero-order valence-electron chi connectivity index (χ0n) is 10.2. The zero-order valence-corrected chi connectivity index (χ0v) is 11.0. The van der Waals surface area contributed by atoms with Crippen LogP contribution >= 0.6 is 11.6 Å². The quantitative estimate of drug-likeness (QED) is 0.843. The first-order valence-corrected chi connectivity index (χ1v) is 5.82. The summed E-state index contributed by atoms with van der Waals surface area (Å²) in [6, 6.07) is 4.28. The van der Waals surface area contributed by atoms with E-state index in [1.165, 1.54) is 32.0 Å². The van der Waals surface area contributed by atoms with Gasteiger partial charge in [0.2, 0.25) is 0 Å². The van der Waals surface area contributed by atoms with Gasteiger partial charge in [-0.15, -0.1) is 0 Å². The molecule has 1 aliphatic rings. The standard InChI is InChI=1S/C13H10ClNO4/c1-6-7(2)12(17)15(11(6)16)9-5-3-4-8(14)10(9)13(18)19/h3-5H,1-2H3,(H,18,19). The van der Waals surface area contributed by atoms with Crippen molar-refractivity contribution in [1.29, 1.82) is 0 Å². The normalized spacial score (nSPS) is 15.4. The molecule has 5 nitrogen and oxygen atoms in total. The Balaban J connectivity index is 2.63. The Hall–Kier alpha value is -2.14. The fourth-order valence-corrected chi connectivity index (χ4v) is 2.13. The van der Waals surface area contributed by atoms with Crippen molar-refractivity contribution in [3.05, 3.63) is 39.9 Å². The van der Waals surface area contributed by atoms with Gasteiger partial charge < -0.3 is 5.11 Å². The predicted octanol–water partition coefficient (Wildman–Crippen LogP) is 2.25. The van der Waals surface area contributed by atoms with Gasteiger partial charge in [-0.25, -0.2) is 9.69 Å². The molecule has 0 bridgehead atoms. The van der Waals surface area contributed by atoms with Gasteiger partial charge in [0.1, 0.15) is 5.56 Å². The SMILES string of the molecule is CC1=C(C)C(=O)N(c2cccc(Cl)c2C(=O)O)C1=O. The fraction of sp³-hybridized carbons (Fsp3) is 0.154. The topological polar surface area (TPSA) is 74.7 Å². The van der Waals surface area contributed by atoms with E-state index in [4.69, 9.17) is 16.7 Å². The van der Waals surface area contributed by atoms with E-state index in [0.717, 1.165) is 4.90 Å². The Bertz CT molecular complexity index is 624. The number of carbonyl (C=O) groups is 3. The number of anilines is 1. The van der Waals surface area contributed by atoms with Gasteiger partial charge in [-0.3, -0.25) is 9.59 Å². The minimum Gasteiger partial charge on any atom is -0.478 e. The summed E-state index contributed by atoms with van der Waals surface area (Å²) in [5.41, 5.74) is 0.349. The first-order valence-electron chi connectivity index (χ1n) is 5.44. The van der Waals surface area contributed by atoms with E-state index in [2.05, 4.69) is 0 Å². The highest BCUT2D eigenvalue weighted by molar-refractivity contribution is 6.37. The maximum atomic E-state index is 12.0. The van der Waals surface area contributed by atoms with Crippen LogP contribution in [-0.4, -0.2) is 22.9 Å². The molecule has 0 aromatic heterocycles. The molecule has 1 heterocycles. The van der Waals surface area contributed by atoms with Crippen molar-refractivity contribution in [3.8, 4) is 0 Å². The molecule has 98 valence electrons. The van der Waals surface area contributed by atoms with Crippen molar-refractivity contribution in [2.45, 2.75) is 13.8 Å². The van der Waals surface area contributed by atoms with Crippen molar-refractivity contribution in [3.63, 3.8) is 0 Å². The number of carboxylic acids is 1. The molecule has 1 aromatic rings. The van der Waals surface area contributed by atoms with Gasteiger partial charge in [-0.2, -0.15) is 0 Å². The molecular weight excluding hydrogens is 270 g/mol. The maximum absolute atomic E-state index is 12.0. The summed E-state index contributed by atoms with van der Waals surface area (Å²) in [5, 5.41) is 9.14. The first-order chi connectivity index (χ1) is 8.86. The zero-order chi connectivity index (χ0) is 14.3. The molecule has 0 aliphatic carbocycles. The molecule has 2 rings (SSSR count). The van der Waals surface area contributed by atoms with Crippen LogP contribution in [0.25, 0.3) is 0 Å². The third-order valence-electron chi connectivity index (χ3n) is 3.06. The summed E-state index contributed by atoms with van der Waals surface area (Å²) in [6.45, 7) is 3.06. The number of hydrogen-bond acceptors (Lipinski definition) is 3. The van der Waals surface area contributed by atoms with E-state index in [0.29, 0.717) is 11.1 Å². The summed E-state index contributed by atoms with van der Waals surface area (Å²) < 4.78 is 0. The maximum Gasteiger partial charge on any atom is 0.339 e. The van der Waals surface area contributed by atoms with Crippen LogP contribution in [-0.2, 0) is 9.59 Å². The minimum atomic E-state index is -1.29. The van der Waals surface area contributed by atoms with Gasteiger partial charge in [-0.1, -0.05) is 17.7 Å². The molecule has 1 N–H and O–H groups in total. The molecule has 19 heavy (non-hydrogen) atoms. The number of rotatable bonds is 2. The van der Waals surface area contributed by atoms with Crippen molar-refractivity contribution in [2.75, 3.05) is 4.90 Å². The molecule has 6 heteroatoms. The highest BCUT2D eigenvalue weighted by Gasteiger charge is 2.37. The third-order valence-corrected chi connectivity index (χ3v) is 3.37. The smallest absolute Gasteiger partial charge is 0.339 e. The van der Waals surface area contributed by atoms with E-state index < -0.39 is 17.8 Å². The van der Waals surface area contributed by atoms with Crippen molar-refractivity contribution < 1.29 is 19.5 Å². The summed E-state index contributed by atoms with van der Waals surface area (Å²) in [6.07, 6.45) is 0. The van der Waals surface area contributed by atoms with Crippen LogP contribution in [0.2, 0.25) is 5.02 Å². The number of carbonyl (C=O) groups excluding carboxylic acids is 2. The Labute approximate surface area is 114 Å². The van der Waals surface area contributed by atoms with Crippen LogP contribution in [0.4, 0.5) is 5.69 Å². The Kier molecular flexibility index (Phi) is 3.16. The molecule has 0 fully saturated rings. The van der Waals surface area contributed by atoms with Gasteiger partial charge in [0.25, 0.3) is 11.8 Å². The molecule has 0 spiro atoms. The second-order valence-electron chi connectivity index (χ2n) is 4.13. The summed E-state index contributed by atoms with van der Waals surface area (Å²) in [7, 11) is 0. The van der Waals surface area contributed by atoms with Crippen LogP contribution in [0.5, 0.6) is 0 Å². The lowest BCUT2D eigenvalue weighted by molar-refractivity contribution is -0.120. The highest BCUT2D eigenvalue weighted by Crippen LogP contribution is 2.32. The lowest BCUT2D eigenvalue weighted by atomic mass is 10.1. The van der Waals surface area contributed by atoms with Crippen molar-refractivity contribution >= 4 is 35.1 Å². The Morgan fingerprint density at radius 2 is 1.68 bits per heavy atom. The van der Waals surface area contributed by atoms with E-state index in [9.17, 15) is 14.4 Å².